The highest BCUT2D eigenvalue weighted by Gasteiger charge is 2.36. The van der Waals surface area contributed by atoms with E-state index in [-0.39, 0.29) is 5.41 Å². The van der Waals surface area contributed by atoms with Gasteiger partial charge in [-0.25, -0.2) is 0 Å². The summed E-state index contributed by atoms with van der Waals surface area (Å²) in [6.45, 7) is 4.72. The number of furan rings is 1. The Balaban J connectivity index is 1.16. The van der Waals surface area contributed by atoms with Crippen LogP contribution in [0.4, 0.5) is 17.1 Å². The average molecular weight is 730 g/mol. The third-order valence-electron chi connectivity index (χ3n) is 12.1. The number of hydrogen-bond donors (Lipinski definition) is 0. The summed E-state index contributed by atoms with van der Waals surface area (Å²) in [5.41, 5.74) is 17.4. The highest BCUT2D eigenvalue weighted by molar-refractivity contribution is 6.13. The van der Waals surface area contributed by atoms with Crippen molar-refractivity contribution >= 4 is 49.8 Å². The molecule has 2 nitrogen and oxygen atoms in total. The maximum atomic E-state index is 6.35. The van der Waals surface area contributed by atoms with Gasteiger partial charge in [-0.15, -0.1) is 0 Å². The minimum absolute atomic E-state index is 0.146. The van der Waals surface area contributed by atoms with Crippen LogP contribution >= 0.6 is 0 Å². The molecule has 0 spiro atoms. The highest BCUT2D eigenvalue weighted by Crippen LogP contribution is 2.52. The zero-order valence-electron chi connectivity index (χ0n) is 31.9. The van der Waals surface area contributed by atoms with Crippen molar-refractivity contribution in [2.75, 3.05) is 4.90 Å². The fourth-order valence-electron chi connectivity index (χ4n) is 9.41. The zero-order chi connectivity index (χ0) is 38.1. The maximum absolute atomic E-state index is 6.35. The molecule has 0 radical (unpaired) electrons. The molecule has 0 saturated carbocycles. The molecule has 1 aromatic heterocycles. The largest absolute Gasteiger partial charge is 0.456 e. The lowest BCUT2D eigenvalue weighted by Crippen LogP contribution is -2.17. The monoisotopic (exact) mass is 729 g/mol. The summed E-state index contributed by atoms with van der Waals surface area (Å²) in [6.07, 6.45) is 0. The van der Waals surface area contributed by atoms with Crippen LogP contribution in [0.5, 0.6) is 0 Å². The number of nitrogens with zero attached hydrogens (tertiary/aromatic N) is 1. The van der Waals surface area contributed by atoms with Gasteiger partial charge >= 0.3 is 0 Å². The van der Waals surface area contributed by atoms with Crippen molar-refractivity contribution in [1.29, 1.82) is 0 Å². The Hall–Kier alpha value is -7.16. The van der Waals surface area contributed by atoms with Crippen LogP contribution in [0.1, 0.15) is 25.0 Å². The van der Waals surface area contributed by atoms with Gasteiger partial charge in [0.25, 0.3) is 0 Å². The van der Waals surface area contributed by atoms with Gasteiger partial charge in [0.05, 0.1) is 5.69 Å². The molecule has 9 aromatic carbocycles. The fourth-order valence-corrected chi connectivity index (χ4v) is 9.41. The van der Waals surface area contributed by atoms with Gasteiger partial charge in [0, 0.05) is 33.1 Å². The van der Waals surface area contributed by atoms with E-state index in [1.165, 1.54) is 55.3 Å². The van der Waals surface area contributed by atoms with E-state index in [1.807, 2.05) is 6.07 Å². The normalized spacial score (nSPS) is 12.9. The standard InChI is InChI=1S/C55H39NO/c1-55(2)48-28-9-6-22-43(48)44-33-32-40(35-49(44)55)56(39-21-12-20-38(34-39)42-26-15-31-52-54(42)47-24-8-11-30-51(47)57-52)50-29-10-7-23-45(50)46-27-14-19-37-18-13-25-41(53(37)46)36-16-4-3-5-17-36/h3-35H,1-2H3. The number of rotatable bonds is 6. The first-order chi connectivity index (χ1) is 28.0. The minimum atomic E-state index is -0.146. The van der Waals surface area contributed by atoms with E-state index in [0.717, 1.165) is 50.1 Å². The van der Waals surface area contributed by atoms with Crippen molar-refractivity contribution in [1.82, 2.24) is 0 Å². The van der Waals surface area contributed by atoms with Crippen LogP contribution in [0, 0.1) is 0 Å². The summed E-state index contributed by atoms with van der Waals surface area (Å²) in [7, 11) is 0. The first kappa shape index (κ1) is 33.2. The lowest BCUT2D eigenvalue weighted by molar-refractivity contribution is 0.660. The Morgan fingerprint density at radius 1 is 0.386 bits per heavy atom. The Bertz CT molecular complexity index is 3160. The van der Waals surface area contributed by atoms with Crippen LogP contribution in [0.15, 0.2) is 205 Å². The zero-order valence-corrected chi connectivity index (χ0v) is 31.9. The lowest BCUT2D eigenvalue weighted by atomic mass is 9.82. The molecule has 0 unspecified atom stereocenters. The van der Waals surface area contributed by atoms with Crippen LogP contribution in [-0.4, -0.2) is 0 Å². The quantitative estimate of drug-likeness (QED) is 0.169. The second-order valence-electron chi connectivity index (χ2n) is 15.7. The minimum Gasteiger partial charge on any atom is -0.456 e. The number of benzene rings is 9. The van der Waals surface area contributed by atoms with Crippen molar-refractivity contribution in [3.63, 3.8) is 0 Å². The molecule has 2 heteroatoms. The third-order valence-corrected chi connectivity index (χ3v) is 12.1. The summed E-state index contributed by atoms with van der Waals surface area (Å²) in [5, 5.41) is 4.73. The predicted molar refractivity (Wildman–Crippen MR) is 240 cm³/mol. The van der Waals surface area contributed by atoms with Crippen LogP contribution in [-0.2, 0) is 5.41 Å². The molecule has 0 saturated heterocycles. The van der Waals surface area contributed by atoms with Gasteiger partial charge < -0.3 is 9.32 Å². The number of anilines is 3. The van der Waals surface area contributed by atoms with Crippen molar-refractivity contribution in [3.05, 3.63) is 211 Å². The summed E-state index contributed by atoms with van der Waals surface area (Å²) in [5.74, 6) is 0. The highest BCUT2D eigenvalue weighted by atomic mass is 16.3. The van der Waals surface area contributed by atoms with Crippen LogP contribution in [0.25, 0.3) is 77.2 Å². The fraction of sp³-hybridized carbons (Fsp3) is 0.0545. The molecular weight excluding hydrogens is 691 g/mol. The van der Waals surface area contributed by atoms with Crippen LogP contribution < -0.4 is 4.90 Å². The van der Waals surface area contributed by atoms with Crippen LogP contribution in [0.2, 0.25) is 0 Å². The molecule has 1 heterocycles. The topological polar surface area (TPSA) is 16.4 Å². The SMILES string of the molecule is CC1(C)c2ccccc2-c2ccc(N(c3cccc(-c4cccc5oc6ccccc6c45)c3)c3ccccc3-c3cccc4cccc(-c5ccccc5)c34)cc21. The van der Waals surface area contributed by atoms with Gasteiger partial charge in [-0.2, -0.15) is 0 Å². The number of fused-ring (bicyclic) bond motifs is 7. The van der Waals surface area contributed by atoms with Gasteiger partial charge in [-0.1, -0.05) is 172 Å². The van der Waals surface area contributed by atoms with E-state index in [0.29, 0.717) is 0 Å². The molecule has 1 aliphatic rings. The average Bonchev–Trinajstić information content (AvgIpc) is 3.76. The second-order valence-corrected chi connectivity index (χ2v) is 15.7. The van der Waals surface area contributed by atoms with E-state index < -0.39 is 0 Å². The molecule has 0 fully saturated rings. The van der Waals surface area contributed by atoms with Crippen molar-refractivity contribution in [2.45, 2.75) is 19.3 Å². The van der Waals surface area contributed by atoms with Crippen molar-refractivity contribution in [3.8, 4) is 44.5 Å². The molecule has 0 bridgehead atoms. The Morgan fingerprint density at radius 2 is 0.982 bits per heavy atom. The molecule has 0 amide bonds. The maximum Gasteiger partial charge on any atom is 0.136 e. The van der Waals surface area contributed by atoms with E-state index >= 15 is 0 Å². The van der Waals surface area contributed by atoms with Gasteiger partial charge in [0.2, 0.25) is 0 Å². The van der Waals surface area contributed by atoms with E-state index in [1.54, 1.807) is 0 Å². The summed E-state index contributed by atoms with van der Waals surface area (Å²) in [6, 6.07) is 72.7. The summed E-state index contributed by atoms with van der Waals surface area (Å²) in [4.78, 5) is 2.47. The van der Waals surface area contributed by atoms with E-state index in [4.69, 9.17) is 4.42 Å². The molecular formula is C55H39NO. The number of para-hydroxylation sites is 2. The van der Waals surface area contributed by atoms with E-state index in [9.17, 15) is 0 Å². The molecule has 270 valence electrons. The summed E-state index contributed by atoms with van der Waals surface area (Å²) < 4.78 is 6.35. The Morgan fingerprint density at radius 3 is 1.84 bits per heavy atom. The molecule has 0 N–H and O–H groups in total. The van der Waals surface area contributed by atoms with Crippen LogP contribution in [0.3, 0.4) is 0 Å². The second kappa shape index (κ2) is 13.0. The van der Waals surface area contributed by atoms with Gasteiger partial charge in [-0.05, 0) is 103 Å². The van der Waals surface area contributed by atoms with Crippen molar-refractivity contribution < 1.29 is 4.42 Å². The molecule has 10 aromatic rings. The molecule has 0 aliphatic heterocycles. The molecule has 1 aliphatic carbocycles. The van der Waals surface area contributed by atoms with E-state index in [2.05, 4.69) is 213 Å². The first-order valence-corrected chi connectivity index (χ1v) is 19.8. The lowest BCUT2D eigenvalue weighted by Gasteiger charge is -2.30. The Labute approximate surface area is 332 Å². The van der Waals surface area contributed by atoms with Crippen molar-refractivity contribution in [2.24, 2.45) is 0 Å². The predicted octanol–water partition coefficient (Wildman–Crippen LogP) is 15.5. The molecule has 57 heavy (non-hydrogen) atoms. The Kier molecular flexibility index (Phi) is 7.55. The molecule has 0 atom stereocenters. The molecule has 11 rings (SSSR count). The smallest absolute Gasteiger partial charge is 0.136 e. The first-order valence-electron chi connectivity index (χ1n) is 19.8. The number of hydrogen-bond acceptors (Lipinski definition) is 2. The summed E-state index contributed by atoms with van der Waals surface area (Å²) >= 11 is 0. The third kappa shape index (κ3) is 5.25. The van der Waals surface area contributed by atoms with Gasteiger partial charge in [-0.3, -0.25) is 0 Å². The van der Waals surface area contributed by atoms with Gasteiger partial charge in [0.1, 0.15) is 11.2 Å². The van der Waals surface area contributed by atoms with Gasteiger partial charge in [0.15, 0.2) is 0 Å².